The predicted molar refractivity (Wildman–Crippen MR) is 67.7 cm³/mol. The van der Waals surface area contributed by atoms with Crippen LogP contribution >= 0.6 is 11.6 Å². The third-order valence-corrected chi connectivity index (χ3v) is 4.36. The van der Waals surface area contributed by atoms with Crippen LogP contribution in [0.5, 0.6) is 0 Å². The Morgan fingerprint density at radius 2 is 2.25 bits per heavy atom. The average Bonchev–Trinajstić information content (AvgIpc) is 2.65. The van der Waals surface area contributed by atoms with E-state index in [9.17, 15) is 5.11 Å². The quantitative estimate of drug-likeness (QED) is 0.824. The van der Waals surface area contributed by atoms with Gasteiger partial charge in [0.25, 0.3) is 0 Å². The first-order chi connectivity index (χ1) is 7.58. The van der Waals surface area contributed by atoms with Crippen molar-refractivity contribution >= 4 is 11.6 Å². The van der Waals surface area contributed by atoms with Crippen molar-refractivity contribution in [2.75, 3.05) is 0 Å². The molecule has 0 radical (unpaired) electrons. The summed E-state index contributed by atoms with van der Waals surface area (Å²) < 4.78 is 0. The molecule has 88 valence electrons. The lowest BCUT2D eigenvalue weighted by molar-refractivity contribution is -0.00387. The molecule has 0 bridgehead atoms. The Labute approximate surface area is 102 Å². The van der Waals surface area contributed by atoms with Gasteiger partial charge in [-0.05, 0) is 49.3 Å². The fraction of sp³-hybridized carbons (Fsp3) is 0.571. The third kappa shape index (κ3) is 1.87. The van der Waals surface area contributed by atoms with Crippen molar-refractivity contribution in [3.8, 4) is 0 Å². The van der Waals surface area contributed by atoms with Crippen molar-refractivity contribution in [1.82, 2.24) is 0 Å². The summed E-state index contributed by atoms with van der Waals surface area (Å²) in [7, 11) is 0. The highest BCUT2D eigenvalue weighted by Gasteiger charge is 2.41. The molecule has 2 heteroatoms. The van der Waals surface area contributed by atoms with E-state index < -0.39 is 5.60 Å². The van der Waals surface area contributed by atoms with Crippen LogP contribution in [0.25, 0.3) is 0 Å². The maximum absolute atomic E-state index is 10.8. The van der Waals surface area contributed by atoms with Gasteiger partial charge in [-0.15, -0.1) is 0 Å². The number of hydrogen-bond acceptors (Lipinski definition) is 1. The zero-order valence-corrected chi connectivity index (χ0v) is 10.7. The molecule has 0 spiro atoms. The van der Waals surface area contributed by atoms with Gasteiger partial charge >= 0.3 is 0 Å². The summed E-state index contributed by atoms with van der Waals surface area (Å²) in [5.74, 6) is 0.381. The molecule has 1 aromatic rings. The molecule has 1 N–H and O–H groups in total. The van der Waals surface area contributed by atoms with Crippen molar-refractivity contribution in [2.24, 2.45) is 5.92 Å². The molecule has 1 aromatic carbocycles. The summed E-state index contributed by atoms with van der Waals surface area (Å²) in [5.41, 5.74) is 1.42. The fourth-order valence-electron chi connectivity index (χ4n) is 2.84. The fourth-order valence-corrected chi connectivity index (χ4v) is 3.03. The number of halogens is 1. The number of rotatable bonds is 2. The molecule has 1 aliphatic carbocycles. The Morgan fingerprint density at radius 3 is 2.88 bits per heavy atom. The van der Waals surface area contributed by atoms with E-state index in [1.165, 1.54) is 0 Å². The van der Waals surface area contributed by atoms with E-state index in [-0.39, 0.29) is 0 Å². The second-order valence-electron chi connectivity index (χ2n) is 4.89. The van der Waals surface area contributed by atoms with Gasteiger partial charge in [0.15, 0.2) is 0 Å². The van der Waals surface area contributed by atoms with Gasteiger partial charge in [-0.2, -0.15) is 0 Å². The van der Waals surface area contributed by atoms with Gasteiger partial charge in [0.2, 0.25) is 0 Å². The van der Waals surface area contributed by atoms with Crippen LogP contribution in [0.15, 0.2) is 18.2 Å². The van der Waals surface area contributed by atoms with Gasteiger partial charge < -0.3 is 5.11 Å². The summed E-state index contributed by atoms with van der Waals surface area (Å²) in [6, 6.07) is 5.96. The molecular formula is C14H19ClO. The van der Waals surface area contributed by atoms with Crippen LogP contribution in [-0.2, 0) is 5.60 Å². The summed E-state index contributed by atoms with van der Waals surface area (Å²) in [6.07, 6.45) is 4.13. The first-order valence-electron chi connectivity index (χ1n) is 6.07. The van der Waals surface area contributed by atoms with E-state index >= 15 is 0 Å². The van der Waals surface area contributed by atoms with Crippen molar-refractivity contribution in [3.63, 3.8) is 0 Å². The number of aliphatic hydroxyl groups is 1. The van der Waals surface area contributed by atoms with Crippen molar-refractivity contribution in [2.45, 2.75) is 45.1 Å². The maximum atomic E-state index is 10.8. The Morgan fingerprint density at radius 1 is 1.50 bits per heavy atom. The standard InChI is InChI=1S/C14H19ClO/c1-3-11-5-4-8-14(11,16)12-7-6-10(2)13(15)9-12/h6-7,9,11,16H,3-5,8H2,1-2H3. The first kappa shape index (κ1) is 11.9. The lowest BCUT2D eigenvalue weighted by Crippen LogP contribution is -2.29. The molecule has 1 saturated carbocycles. The van der Waals surface area contributed by atoms with Crippen LogP contribution in [0.3, 0.4) is 0 Å². The molecule has 2 unspecified atom stereocenters. The molecule has 0 aromatic heterocycles. The molecule has 2 atom stereocenters. The van der Waals surface area contributed by atoms with Crippen LogP contribution in [0.2, 0.25) is 5.02 Å². The second kappa shape index (κ2) is 4.38. The van der Waals surface area contributed by atoms with E-state index in [1.54, 1.807) is 0 Å². The van der Waals surface area contributed by atoms with E-state index in [1.807, 2.05) is 25.1 Å². The zero-order valence-electron chi connectivity index (χ0n) is 9.96. The summed E-state index contributed by atoms with van der Waals surface area (Å²) in [6.45, 7) is 4.14. The van der Waals surface area contributed by atoms with E-state index in [0.717, 1.165) is 41.8 Å². The molecule has 0 amide bonds. The molecule has 1 aliphatic rings. The van der Waals surface area contributed by atoms with Gasteiger partial charge in [-0.1, -0.05) is 37.1 Å². The Bertz CT molecular complexity index is 388. The summed E-state index contributed by atoms with van der Waals surface area (Å²) in [4.78, 5) is 0. The largest absolute Gasteiger partial charge is 0.385 e. The second-order valence-corrected chi connectivity index (χ2v) is 5.29. The van der Waals surface area contributed by atoms with Crippen LogP contribution in [0, 0.1) is 12.8 Å². The topological polar surface area (TPSA) is 20.2 Å². The summed E-state index contributed by atoms with van der Waals surface area (Å²) >= 11 is 6.13. The highest BCUT2D eigenvalue weighted by Crippen LogP contribution is 2.45. The molecule has 1 nitrogen and oxygen atoms in total. The molecule has 0 heterocycles. The monoisotopic (exact) mass is 238 g/mol. The molecule has 16 heavy (non-hydrogen) atoms. The first-order valence-corrected chi connectivity index (χ1v) is 6.44. The minimum atomic E-state index is -0.647. The van der Waals surface area contributed by atoms with Crippen LogP contribution in [0.4, 0.5) is 0 Å². The van der Waals surface area contributed by atoms with Crippen molar-refractivity contribution in [1.29, 1.82) is 0 Å². The molecular weight excluding hydrogens is 220 g/mol. The summed E-state index contributed by atoms with van der Waals surface area (Å²) in [5, 5.41) is 11.5. The molecule has 0 aliphatic heterocycles. The van der Waals surface area contributed by atoms with Crippen LogP contribution < -0.4 is 0 Å². The number of aryl methyl sites for hydroxylation is 1. The third-order valence-electron chi connectivity index (χ3n) is 3.95. The molecule has 0 saturated heterocycles. The maximum Gasteiger partial charge on any atom is 0.0924 e. The van der Waals surface area contributed by atoms with Crippen LogP contribution in [-0.4, -0.2) is 5.11 Å². The van der Waals surface area contributed by atoms with E-state index in [2.05, 4.69) is 6.92 Å². The Balaban J connectivity index is 2.38. The van der Waals surface area contributed by atoms with Crippen molar-refractivity contribution in [3.05, 3.63) is 34.3 Å². The minimum Gasteiger partial charge on any atom is -0.385 e. The minimum absolute atomic E-state index is 0.381. The predicted octanol–water partition coefficient (Wildman–Crippen LogP) is 4.05. The van der Waals surface area contributed by atoms with Gasteiger partial charge in [0, 0.05) is 5.02 Å². The lowest BCUT2D eigenvalue weighted by Gasteiger charge is -2.30. The molecule has 1 fully saturated rings. The Kier molecular flexibility index (Phi) is 3.27. The normalized spacial score (nSPS) is 29.6. The van der Waals surface area contributed by atoms with Crippen LogP contribution in [0.1, 0.15) is 43.7 Å². The van der Waals surface area contributed by atoms with Crippen molar-refractivity contribution < 1.29 is 5.11 Å². The smallest absolute Gasteiger partial charge is 0.0924 e. The number of benzene rings is 1. The Hall–Kier alpha value is -0.530. The van der Waals surface area contributed by atoms with Gasteiger partial charge in [0.1, 0.15) is 0 Å². The van der Waals surface area contributed by atoms with Gasteiger partial charge in [0.05, 0.1) is 5.60 Å². The number of hydrogen-bond donors (Lipinski definition) is 1. The SMILES string of the molecule is CCC1CCCC1(O)c1ccc(C)c(Cl)c1. The van der Waals surface area contributed by atoms with Gasteiger partial charge in [-0.25, -0.2) is 0 Å². The highest BCUT2D eigenvalue weighted by atomic mass is 35.5. The highest BCUT2D eigenvalue weighted by molar-refractivity contribution is 6.31. The van der Waals surface area contributed by atoms with E-state index in [4.69, 9.17) is 11.6 Å². The zero-order chi connectivity index (χ0) is 11.8. The molecule has 2 rings (SSSR count). The van der Waals surface area contributed by atoms with Gasteiger partial charge in [-0.3, -0.25) is 0 Å². The lowest BCUT2D eigenvalue weighted by atomic mass is 9.82. The average molecular weight is 239 g/mol. The van der Waals surface area contributed by atoms with E-state index in [0.29, 0.717) is 5.92 Å².